The van der Waals surface area contributed by atoms with Crippen LogP contribution in [-0.4, -0.2) is 91.0 Å². The number of hydrogen-bond acceptors (Lipinski definition) is 7. The van der Waals surface area contributed by atoms with Crippen LogP contribution >= 0.6 is 0 Å². The van der Waals surface area contributed by atoms with E-state index in [0.717, 1.165) is 5.69 Å². The third-order valence-corrected chi connectivity index (χ3v) is 7.09. The number of hydrogen-bond donors (Lipinski definition) is 1. The van der Waals surface area contributed by atoms with Gasteiger partial charge < -0.3 is 9.26 Å². The molecule has 2 saturated heterocycles. The van der Waals surface area contributed by atoms with Crippen molar-refractivity contribution in [3.05, 3.63) is 11.8 Å². The van der Waals surface area contributed by atoms with Gasteiger partial charge in [0, 0.05) is 45.3 Å². The molecule has 1 N–H and O–H groups in total. The average molecular weight is 430 g/mol. The van der Waals surface area contributed by atoms with Gasteiger partial charge in [0.1, 0.15) is 0 Å². The largest absolute Gasteiger partial charge is 0.373 e. The molecule has 0 bridgehead atoms. The summed E-state index contributed by atoms with van der Waals surface area (Å²) in [7, 11) is -3.52. The molecule has 0 aliphatic carbocycles. The lowest BCUT2D eigenvalue weighted by molar-refractivity contribution is -0.117. The van der Waals surface area contributed by atoms with E-state index >= 15 is 0 Å². The maximum absolute atomic E-state index is 12.9. The van der Waals surface area contributed by atoms with Gasteiger partial charge in [-0.2, -0.15) is 17.0 Å². The smallest absolute Gasteiger partial charge is 0.282 e. The number of morpholine rings is 1. The first-order valence-electron chi connectivity index (χ1n) is 10.0. The van der Waals surface area contributed by atoms with Crippen molar-refractivity contribution in [3.8, 4) is 0 Å². The number of anilines is 1. The highest BCUT2D eigenvalue weighted by Crippen LogP contribution is 2.19. The third-order valence-electron chi connectivity index (χ3n) is 5.12. The zero-order valence-corrected chi connectivity index (χ0v) is 18.3. The van der Waals surface area contributed by atoms with Crippen LogP contribution in [0.5, 0.6) is 0 Å². The fourth-order valence-corrected chi connectivity index (χ4v) is 5.35. The molecule has 0 spiro atoms. The number of amides is 1. The Hall–Kier alpha value is -1.53. The normalized spacial score (nSPS) is 25.4. The SMILES string of the molecule is CC(C)c1cc(NC(=O)CN2CCN(S(=O)(=O)N3C[C@@H](C)O[C@@H](C)C3)CC2)on1. The zero-order valence-electron chi connectivity index (χ0n) is 17.5. The lowest BCUT2D eigenvalue weighted by Crippen LogP contribution is -2.57. The summed E-state index contributed by atoms with van der Waals surface area (Å²) in [4.78, 5) is 14.2. The van der Waals surface area contributed by atoms with Crippen molar-refractivity contribution in [1.82, 2.24) is 18.7 Å². The maximum Gasteiger partial charge on any atom is 0.282 e. The van der Waals surface area contributed by atoms with Crippen LogP contribution in [0.4, 0.5) is 5.88 Å². The van der Waals surface area contributed by atoms with E-state index in [0.29, 0.717) is 45.2 Å². The molecule has 2 aliphatic heterocycles. The number of rotatable bonds is 6. The van der Waals surface area contributed by atoms with Gasteiger partial charge in [-0.25, -0.2) is 0 Å². The Morgan fingerprint density at radius 2 is 1.79 bits per heavy atom. The van der Waals surface area contributed by atoms with E-state index < -0.39 is 10.2 Å². The van der Waals surface area contributed by atoms with Gasteiger partial charge in [-0.1, -0.05) is 19.0 Å². The van der Waals surface area contributed by atoms with Crippen molar-refractivity contribution in [1.29, 1.82) is 0 Å². The summed E-state index contributed by atoms with van der Waals surface area (Å²) in [6.45, 7) is 10.4. The zero-order chi connectivity index (χ0) is 21.2. The van der Waals surface area contributed by atoms with Crippen molar-refractivity contribution in [2.24, 2.45) is 0 Å². The highest BCUT2D eigenvalue weighted by atomic mass is 32.2. The van der Waals surface area contributed by atoms with Gasteiger partial charge in [-0.3, -0.25) is 15.0 Å². The van der Waals surface area contributed by atoms with Crippen molar-refractivity contribution in [3.63, 3.8) is 0 Å². The molecule has 29 heavy (non-hydrogen) atoms. The minimum Gasteiger partial charge on any atom is -0.373 e. The Morgan fingerprint density at radius 3 is 2.34 bits per heavy atom. The van der Waals surface area contributed by atoms with Crippen molar-refractivity contribution in [2.75, 3.05) is 51.1 Å². The fraction of sp³-hybridized carbons (Fsp3) is 0.778. The van der Waals surface area contributed by atoms with Gasteiger partial charge in [0.15, 0.2) is 0 Å². The van der Waals surface area contributed by atoms with E-state index in [1.807, 2.05) is 32.6 Å². The highest BCUT2D eigenvalue weighted by molar-refractivity contribution is 7.86. The van der Waals surface area contributed by atoms with Gasteiger partial charge in [0.2, 0.25) is 11.8 Å². The van der Waals surface area contributed by atoms with Gasteiger partial charge in [0.05, 0.1) is 24.4 Å². The molecule has 0 saturated carbocycles. The van der Waals surface area contributed by atoms with Crippen LogP contribution in [0.3, 0.4) is 0 Å². The predicted molar refractivity (Wildman–Crippen MR) is 108 cm³/mol. The van der Waals surface area contributed by atoms with E-state index in [1.165, 1.54) is 8.61 Å². The van der Waals surface area contributed by atoms with E-state index in [-0.39, 0.29) is 30.6 Å². The van der Waals surface area contributed by atoms with Crippen LogP contribution in [0.1, 0.15) is 39.3 Å². The van der Waals surface area contributed by atoms with Crippen LogP contribution in [0.25, 0.3) is 0 Å². The summed E-state index contributed by atoms with van der Waals surface area (Å²) in [6.07, 6.45) is -0.239. The lowest BCUT2D eigenvalue weighted by atomic mass is 10.1. The number of carbonyl (C=O) groups excluding carboxylic acids is 1. The molecule has 0 aromatic carbocycles. The molecule has 10 nitrogen and oxygen atoms in total. The van der Waals surface area contributed by atoms with E-state index in [2.05, 4.69) is 10.5 Å². The average Bonchev–Trinajstić information content (AvgIpc) is 3.10. The summed E-state index contributed by atoms with van der Waals surface area (Å²) in [5.41, 5.74) is 0.783. The molecule has 1 aromatic rings. The molecule has 164 valence electrons. The standard InChI is InChI=1S/C18H31N5O5S/c1-13(2)16-9-18(28-20-16)19-17(24)12-21-5-7-22(8-6-21)29(25,26)23-10-14(3)27-15(4)11-23/h9,13-15H,5-8,10-12H2,1-4H3,(H,19,24)/t14-,15+. The topological polar surface area (TPSA) is 108 Å². The number of piperazine rings is 1. The molecule has 11 heteroatoms. The van der Waals surface area contributed by atoms with Gasteiger partial charge in [-0.15, -0.1) is 0 Å². The summed E-state index contributed by atoms with van der Waals surface area (Å²) in [6, 6.07) is 1.72. The monoisotopic (exact) mass is 429 g/mol. The summed E-state index contributed by atoms with van der Waals surface area (Å²) < 4.78 is 39.6. The minimum absolute atomic E-state index is 0.120. The number of nitrogens with zero attached hydrogens (tertiary/aromatic N) is 4. The van der Waals surface area contributed by atoms with E-state index in [4.69, 9.17) is 9.26 Å². The van der Waals surface area contributed by atoms with Crippen LogP contribution in [0.15, 0.2) is 10.6 Å². The summed E-state index contributed by atoms with van der Waals surface area (Å²) in [5.74, 6) is 0.343. The Balaban J connectivity index is 1.48. The van der Waals surface area contributed by atoms with Gasteiger partial charge in [-0.05, 0) is 19.8 Å². The fourth-order valence-electron chi connectivity index (χ4n) is 3.60. The molecule has 1 amide bonds. The van der Waals surface area contributed by atoms with Crippen LogP contribution in [-0.2, 0) is 19.7 Å². The van der Waals surface area contributed by atoms with Gasteiger partial charge >= 0.3 is 0 Å². The van der Waals surface area contributed by atoms with Gasteiger partial charge in [0.25, 0.3) is 10.2 Å². The lowest BCUT2D eigenvalue weighted by Gasteiger charge is -2.40. The number of aromatic nitrogens is 1. The van der Waals surface area contributed by atoms with Crippen LogP contribution < -0.4 is 5.32 Å². The Labute approximate surface area is 172 Å². The predicted octanol–water partition coefficient (Wildman–Crippen LogP) is 0.708. The van der Waals surface area contributed by atoms with E-state index in [1.54, 1.807) is 6.07 Å². The first-order chi connectivity index (χ1) is 13.6. The second-order valence-corrected chi connectivity index (χ2v) is 10.0. The number of carbonyl (C=O) groups is 1. The summed E-state index contributed by atoms with van der Waals surface area (Å²) in [5, 5.41) is 6.62. The molecule has 1 aromatic heterocycles. The van der Waals surface area contributed by atoms with Crippen molar-refractivity contribution in [2.45, 2.75) is 45.8 Å². The molecular formula is C18H31N5O5S. The van der Waals surface area contributed by atoms with Crippen LogP contribution in [0.2, 0.25) is 0 Å². The quantitative estimate of drug-likeness (QED) is 0.709. The molecule has 0 unspecified atom stereocenters. The summed E-state index contributed by atoms with van der Waals surface area (Å²) >= 11 is 0. The molecule has 2 atom stereocenters. The Morgan fingerprint density at radius 1 is 1.17 bits per heavy atom. The Kier molecular flexibility index (Phi) is 6.94. The number of nitrogens with one attached hydrogen (secondary N) is 1. The molecule has 2 aliphatic rings. The highest BCUT2D eigenvalue weighted by Gasteiger charge is 2.36. The second kappa shape index (κ2) is 9.09. The first-order valence-corrected chi connectivity index (χ1v) is 11.4. The Bertz CT molecular complexity index is 793. The minimum atomic E-state index is -3.52. The van der Waals surface area contributed by atoms with Crippen LogP contribution in [0, 0.1) is 0 Å². The molecule has 2 fully saturated rings. The van der Waals surface area contributed by atoms with Crippen molar-refractivity contribution < 1.29 is 22.5 Å². The first kappa shape index (κ1) is 22.2. The number of ether oxygens (including phenoxy) is 1. The molecule has 3 heterocycles. The third kappa shape index (κ3) is 5.54. The molecule has 0 radical (unpaired) electrons. The molecular weight excluding hydrogens is 398 g/mol. The van der Waals surface area contributed by atoms with E-state index in [9.17, 15) is 13.2 Å². The maximum atomic E-state index is 12.9. The molecule has 3 rings (SSSR count). The second-order valence-electron chi connectivity index (χ2n) is 8.08. The van der Waals surface area contributed by atoms with Crippen molar-refractivity contribution >= 4 is 22.0 Å².